The number of fused-ring (bicyclic) bond motifs is 7. The summed E-state index contributed by atoms with van der Waals surface area (Å²) in [5.74, 6) is 5.02. The van der Waals surface area contributed by atoms with E-state index in [-0.39, 0.29) is 11.8 Å². The number of aliphatic hydroxyl groups is 1. The first kappa shape index (κ1) is 19.6. The number of nitrogens with one attached hydrogen (secondary N) is 1. The molecule has 2 heterocycles. The Kier molecular flexibility index (Phi) is 4.35. The monoisotopic (exact) mass is 401 g/mol. The highest BCUT2D eigenvalue weighted by molar-refractivity contribution is 5.14. The molecule has 0 bridgehead atoms. The fourth-order valence-electron chi connectivity index (χ4n) is 9.82. The van der Waals surface area contributed by atoms with Crippen molar-refractivity contribution in [3.8, 4) is 0 Å². The summed E-state index contributed by atoms with van der Waals surface area (Å²) in [5, 5.41) is 14.1. The number of hydrogen-bond acceptors (Lipinski definition) is 3. The number of aliphatic hydroxyl groups excluding tert-OH is 1. The minimum Gasteiger partial charge on any atom is -0.393 e. The van der Waals surface area contributed by atoms with Gasteiger partial charge in [-0.1, -0.05) is 20.8 Å². The van der Waals surface area contributed by atoms with E-state index in [0.29, 0.717) is 16.9 Å². The average Bonchev–Trinajstić information content (AvgIpc) is 3.18. The van der Waals surface area contributed by atoms with Gasteiger partial charge in [-0.25, -0.2) is 0 Å². The molecule has 0 radical (unpaired) electrons. The van der Waals surface area contributed by atoms with E-state index in [1.807, 2.05) is 0 Å². The van der Waals surface area contributed by atoms with E-state index in [9.17, 15) is 5.11 Å². The van der Waals surface area contributed by atoms with E-state index in [1.165, 1.54) is 57.8 Å². The van der Waals surface area contributed by atoms with Crippen LogP contribution in [0.3, 0.4) is 0 Å². The zero-order valence-corrected chi connectivity index (χ0v) is 19.0. The highest BCUT2D eigenvalue weighted by atomic mass is 16.5. The van der Waals surface area contributed by atoms with Gasteiger partial charge in [0, 0.05) is 6.54 Å². The molecule has 1 spiro atoms. The topological polar surface area (TPSA) is 41.5 Å². The van der Waals surface area contributed by atoms with Crippen LogP contribution in [0.1, 0.15) is 91.4 Å². The molecule has 3 heteroatoms. The summed E-state index contributed by atoms with van der Waals surface area (Å²) in [7, 11) is 0. The van der Waals surface area contributed by atoms with Gasteiger partial charge in [0.1, 0.15) is 5.72 Å². The zero-order valence-electron chi connectivity index (χ0n) is 19.0. The quantitative estimate of drug-likeness (QED) is 0.592. The second-order valence-corrected chi connectivity index (χ2v) is 12.9. The molecular weight excluding hydrogens is 358 g/mol. The third kappa shape index (κ3) is 2.72. The molecule has 0 amide bonds. The number of piperidine rings is 1. The molecule has 0 aromatic rings. The molecule has 0 aromatic heterocycles. The van der Waals surface area contributed by atoms with Crippen LogP contribution in [0.5, 0.6) is 0 Å². The van der Waals surface area contributed by atoms with Crippen molar-refractivity contribution in [2.75, 3.05) is 6.54 Å². The molecule has 0 unspecified atom stereocenters. The van der Waals surface area contributed by atoms with E-state index >= 15 is 0 Å². The van der Waals surface area contributed by atoms with Crippen LogP contribution in [0.25, 0.3) is 0 Å². The molecule has 2 N–H and O–H groups in total. The van der Waals surface area contributed by atoms with Crippen molar-refractivity contribution in [2.45, 2.75) is 109 Å². The SMILES string of the molecule is C[C@H]1CC[C@]2(C[C@H]3[C@H](C[C@H]4[C@@H]5CC[C@H]6C[C@@H](O)CC[C@]6(C)[C@H]5CC[C@@]43C)O2)NC1. The van der Waals surface area contributed by atoms with Gasteiger partial charge in [-0.15, -0.1) is 0 Å². The summed E-state index contributed by atoms with van der Waals surface area (Å²) in [4.78, 5) is 0. The maximum atomic E-state index is 10.3. The van der Waals surface area contributed by atoms with E-state index in [1.54, 1.807) is 0 Å². The Labute approximate surface area is 177 Å². The second kappa shape index (κ2) is 6.45. The standard InChI is InChI=1S/C26H43NO2/c1-16-6-11-26(27-15-16)14-22-23(29-26)13-21-19-5-4-17-12-18(28)7-9-24(17,2)20(19)8-10-25(21,22)3/h16-23,27-28H,4-15H2,1-3H3/t16-,17-,18-,19+,20-,21-,22-,23-,24-,25-,26-/m0/s1. The van der Waals surface area contributed by atoms with Gasteiger partial charge in [0.25, 0.3) is 0 Å². The third-order valence-electron chi connectivity index (χ3n) is 11.6. The van der Waals surface area contributed by atoms with Crippen molar-refractivity contribution >= 4 is 0 Å². The third-order valence-corrected chi connectivity index (χ3v) is 11.6. The first-order valence-electron chi connectivity index (χ1n) is 12.9. The van der Waals surface area contributed by atoms with Crippen LogP contribution in [-0.2, 0) is 4.74 Å². The maximum Gasteiger partial charge on any atom is 0.120 e. The van der Waals surface area contributed by atoms with Crippen LogP contribution in [-0.4, -0.2) is 29.6 Å². The van der Waals surface area contributed by atoms with E-state index in [2.05, 4.69) is 26.1 Å². The Hall–Kier alpha value is -0.120. The minimum atomic E-state index is -0.0281. The van der Waals surface area contributed by atoms with Crippen LogP contribution in [0, 0.1) is 46.3 Å². The minimum absolute atomic E-state index is 0.00974. The lowest BCUT2D eigenvalue weighted by molar-refractivity contribution is -0.132. The summed E-state index contributed by atoms with van der Waals surface area (Å²) in [5.41, 5.74) is 0.998. The van der Waals surface area contributed by atoms with Crippen molar-refractivity contribution in [3.05, 3.63) is 0 Å². The van der Waals surface area contributed by atoms with Crippen molar-refractivity contribution in [2.24, 2.45) is 46.3 Å². The summed E-state index contributed by atoms with van der Waals surface area (Å²) in [6.07, 6.45) is 14.6. The maximum absolute atomic E-state index is 10.3. The van der Waals surface area contributed by atoms with Crippen molar-refractivity contribution in [1.29, 1.82) is 0 Å². The van der Waals surface area contributed by atoms with Crippen LogP contribution in [0.2, 0.25) is 0 Å². The molecule has 3 nitrogen and oxygen atoms in total. The van der Waals surface area contributed by atoms with E-state index < -0.39 is 0 Å². The molecule has 29 heavy (non-hydrogen) atoms. The van der Waals surface area contributed by atoms with Gasteiger partial charge in [0.05, 0.1) is 12.2 Å². The van der Waals surface area contributed by atoms with Crippen LogP contribution in [0.4, 0.5) is 0 Å². The normalized spacial score (nSPS) is 61.7. The van der Waals surface area contributed by atoms with Gasteiger partial charge < -0.3 is 9.84 Å². The number of hydrogen-bond donors (Lipinski definition) is 2. The Balaban J connectivity index is 1.23. The molecule has 6 rings (SSSR count). The predicted molar refractivity (Wildman–Crippen MR) is 115 cm³/mol. The highest BCUT2D eigenvalue weighted by Crippen LogP contribution is 2.70. The van der Waals surface area contributed by atoms with Crippen molar-refractivity contribution < 1.29 is 9.84 Å². The lowest BCUT2D eigenvalue weighted by Gasteiger charge is -2.61. The van der Waals surface area contributed by atoms with Crippen LogP contribution >= 0.6 is 0 Å². The van der Waals surface area contributed by atoms with Gasteiger partial charge >= 0.3 is 0 Å². The summed E-state index contributed by atoms with van der Waals surface area (Å²) < 4.78 is 6.90. The first-order valence-corrected chi connectivity index (χ1v) is 12.9. The fourth-order valence-corrected chi connectivity index (χ4v) is 9.82. The van der Waals surface area contributed by atoms with Crippen molar-refractivity contribution in [3.63, 3.8) is 0 Å². The van der Waals surface area contributed by atoms with Crippen LogP contribution in [0.15, 0.2) is 0 Å². The average molecular weight is 402 g/mol. The van der Waals surface area contributed by atoms with Crippen molar-refractivity contribution in [1.82, 2.24) is 5.32 Å². The highest BCUT2D eigenvalue weighted by Gasteiger charge is 2.66. The van der Waals surface area contributed by atoms with E-state index in [0.717, 1.165) is 54.9 Å². The van der Waals surface area contributed by atoms with Gasteiger partial charge in [-0.2, -0.15) is 0 Å². The zero-order chi connectivity index (χ0) is 20.0. The fraction of sp³-hybridized carbons (Fsp3) is 1.00. The molecule has 4 saturated carbocycles. The molecule has 11 atom stereocenters. The van der Waals surface area contributed by atoms with E-state index in [4.69, 9.17) is 4.74 Å². The van der Waals surface area contributed by atoms with Crippen LogP contribution < -0.4 is 5.32 Å². The lowest BCUT2D eigenvalue weighted by Crippen LogP contribution is -2.55. The van der Waals surface area contributed by atoms with Gasteiger partial charge in [-0.3, -0.25) is 5.32 Å². The Bertz CT molecular complexity index is 657. The summed E-state index contributed by atoms with van der Waals surface area (Å²) in [6, 6.07) is 0. The molecule has 164 valence electrons. The molecule has 2 aliphatic heterocycles. The number of rotatable bonds is 0. The van der Waals surface area contributed by atoms with Gasteiger partial charge in [-0.05, 0) is 117 Å². The Morgan fingerprint density at radius 2 is 1.69 bits per heavy atom. The molecule has 2 saturated heterocycles. The lowest BCUT2D eigenvalue weighted by atomic mass is 9.44. The molecule has 0 aromatic carbocycles. The number of ether oxygens (including phenoxy) is 1. The molecule has 4 aliphatic carbocycles. The van der Waals surface area contributed by atoms with Gasteiger partial charge in [0.15, 0.2) is 0 Å². The molecule has 6 fully saturated rings. The predicted octanol–water partition coefficient (Wildman–Crippen LogP) is 5.12. The summed E-state index contributed by atoms with van der Waals surface area (Å²) >= 11 is 0. The largest absolute Gasteiger partial charge is 0.393 e. The molecule has 6 aliphatic rings. The second-order valence-electron chi connectivity index (χ2n) is 12.9. The smallest absolute Gasteiger partial charge is 0.120 e. The Morgan fingerprint density at radius 3 is 2.48 bits per heavy atom. The first-order chi connectivity index (χ1) is 13.8. The molecular formula is C26H43NO2. The van der Waals surface area contributed by atoms with Gasteiger partial charge in [0.2, 0.25) is 0 Å². The summed E-state index contributed by atoms with van der Waals surface area (Å²) in [6.45, 7) is 8.77. The Morgan fingerprint density at radius 1 is 0.862 bits per heavy atom.